The van der Waals surface area contributed by atoms with Gasteiger partial charge in [0.25, 0.3) is 0 Å². The zero-order valence-electron chi connectivity index (χ0n) is 14.7. The van der Waals surface area contributed by atoms with Crippen LogP contribution in [0.15, 0.2) is 0 Å². The fourth-order valence-corrected chi connectivity index (χ4v) is 3.35. The Kier molecular flexibility index (Phi) is 6.65. The van der Waals surface area contributed by atoms with Crippen LogP contribution in [0.25, 0.3) is 10.2 Å². The second-order valence-electron chi connectivity index (χ2n) is 5.12. The second-order valence-corrected chi connectivity index (χ2v) is 6.12. The summed E-state index contributed by atoms with van der Waals surface area (Å²) < 4.78 is 14.8. The number of hydrogen-bond donors (Lipinski definition) is 1. The van der Waals surface area contributed by atoms with E-state index in [1.54, 1.807) is 14.0 Å². The van der Waals surface area contributed by atoms with E-state index in [0.29, 0.717) is 41.1 Å². The number of thiophene rings is 1. The highest BCUT2D eigenvalue weighted by molar-refractivity contribution is 7.20. The molecule has 0 aliphatic carbocycles. The Labute approximate surface area is 149 Å². The zero-order valence-corrected chi connectivity index (χ0v) is 15.5. The van der Waals surface area contributed by atoms with Gasteiger partial charge in [-0.05, 0) is 19.4 Å². The molecule has 0 spiro atoms. The summed E-state index contributed by atoms with van der Waals surface area (Å²) in [6.07, 6.45) is -0.0446. The molecule has 25 heavy (non-hydrogen) atoms. The summed E-state index contributed by atoms with van der Waals surface area (Å²) in [4.78, 5) is 33.6. The number of ether oxygens (including phenoxy) is 3. The number of nitrogens with zero attached hydrogens (tertiary/aromatic N) is 2. The molecule has 1 N–H and O–H groups in total. The Bertz CT molecular complexity index is 775. The van der Waals surface area contributed by atoms with E-state index in [1.807, 2.05) is 6.92 Å². The van der Waals surface area contributed by atoms with E-state index in [1.165, 1.54) is 18.4 Å². The lowest BCUT2D eigenvalue weighted by Gasteiger charge is -2.09. The maximum atomic E-state index is 12.1. The van der Waals surface area contributed by atoms with Gasteiger partial charge in [-0.25, -0.2) is 14.8 Å². The van der Waals surface area contributed by atoms with Gasteiger partial charge in [0.15, 0.2) is 0 Å². The van der Waals surface area contributed by atoms with Crippen LogP contribution in [0.5, 0.6) is 0 Å². The Morgan fingerprint density at radius 1 is 1.24 bits per heavy atom. The first-order valence-electron chi connectivity index (χ1n) is 7.78. The number of nitrogens with one attached hydrogen (secondary N) is 1. The lowest BCUT2D eigenvalue weighted by atomic mass is 10.2. The van der Waals surface area contributed by atoms with Crippen LogP contribution in [-0.2, 0) is 25.4 Å². The number of carbonyl (C=O) groups excluding carboxylic acids is 2. The van der Waals surface area contributed by atoms with Crippen molar-refractivity contribution in [3.63, 3.8) is 0 Å². The Hall–Kier alpha value is -2.26. The minimum atomic E-state index is -0.430. The van der Waals surface area contributed by atoms with Crippen molar-refractivity contribution < 1.29 is 23.8 Å². The lowest BCUT2D eigenvalue weighted by molar-refractivity contribution is -0.139. The molecule has 9 heteroatoms. The van der Waals surface area contributed by atoms with Gasteiger partial charge in [0.05, 0.1) is 25.7 Å². The van der Waals surface area contributed by atoms with Gasteiger partial charge >= 0.3 is 11.9 Å². The molecule has 0 bridgehead atoms. The van der Waals surface area contributed by atoms with Crippen LogP contribution in [0.3, 0.4) is 0 Å². The Morgan fingerprint density at radius 2 is 2.00 bits per heavy atom. The van der Waals surface area contributed by atoms with Gasteiger partial charge in [-0.2, -0.15) is 0 Å². The first-order chi connectivity index (χ1) is 12.0. The molecular weight excluding hydrogens is 346 g/mol. The fraction of sp³-hybridized carbons (Fsp3) is 0.500. The molecule has 2 rings (SSSR count). The molecule has 136 valence electrons. The standard InChI is InChI=1S/C16H21N3O5S/c1-5-24-16(21)13-9(2)12-14(17-6-7-22-3)18-10(8-11(20)23-4)19-15(12)25-13/h5-8H2,1-4H3,(H,17,18,19). The van der Waals surface area contributed by atoms with E-state index in [2.05, 4.69) is 20.0 Å². The number of carbonyl (C=O) groups is 2. The van der Waals surface area contributed by atoms with Gasteiger partial charge in [0.1, 0.15) is 27.8 Å². The van der Waals surface area contributed by atoms with Crippen LogP contribution >= 0.6 is 11.3 Å². The van der Waals surface area contributed by atoms with Crippen molar-refractivity contribution in [1.82, 2.24) is 9.97 Å². The number of rotatable bonds is 8. The van der Waals surface area contributed by atoms with Crippen molar-refractivity contribution in [3.8, 4) is 0 Å². The van der Waals surface area contributed by atoms with Gasteiger partial charge in [-0.1, -0.05) is 0 Å². The summed E-state index contributed by atoms with van der Waals surface area (Å²) in [5, 5.41) is 3.92. The summed E-state index contributed by atoms with van der Waals surface area (Å²) in [5.74, 6) is 0.0719. The molecule has 2 aromatic heterocycles. The van der Waals surface area contributed by atoms with Crippen molar-refractivity contribution in [3.05, 3.63) is 16.3 Å². The number of hydrogen-bond acceptors (Lipinski definition) is 9. The molecule has 0 aliphatic heterocycles. The zero-order chi connectivity index (χ0) is 18.4. The number of methoxy groups -OCH3 is 2. The maximum absolute atomic E-state index is 12.1. The summed E-state index contributed by atoms with van der Waals surface area (Å²) >= 11 is 1.23. The molecular formula is C16H21N3O5S. The molecule has 0 saturated heterocycles. The molecule has 0 radical (unpaired) electrons. The summed E-state index contributed by atoms with van der Waals surface area (Å²) in [7, 11) is 2.92. The van der Waals surface area contributed by atoms with E-state index in [9.17, 15) is 9.59 Å². The number of anilines is 1. The largest absolute Gasteiger partial charge is 0.469 e. The molecule has 0 unspecified atom stereocenters. The predicted molar refractivity (Wildman–Crippen MR) is 94.2 cm³/mol. The van der Waals surface area contributed by atoms with Crippen LogP contribution in [0.4, 0.5) is 5.82 Å². The normalized spacial score (nSPS) is 10.7. The summed E-state index contributed by atoms with van der Waals surface area (Å²) in [6.45, 7) is 4.91. The third kappa shape index (κ3) is 4.43. The van der Waals surface area contributed by atoms with E-state index in [-0.39, 0.29) is 12.4 Å². The number of esters is 2. The van der Waals surface area contributed by atoms with Crippen molar-refractivity contribution in [2.24, 2.45) is 0 Å². The second kappa shape index (κ2) is 8.72. The highest BCUT2D eigenvalue weighted by Gasteiger charge is 2.22. The molecule has 0 saturated carbocycles. The monoisotopic (exact) mass is 367 g/mol. The highest BCUT2D eigenvalue weighted by atomic mass is 32.1. The predicted octanol–water partition coefficient (Wildman–Crippen LogP) is 1.95. The maximum Gasteiger partial charge on any atom is 0.348 e. The van der Waals surface area contributed by atoms with Gasteiger partial charge in [-0.3, -0.25) is 4.79 Å². The molecule has 2 heterocycles. The molecule has 0 amide bonds. The third-order valence-electron chi connectivity index (χ3n) is 3.43. The number of fused-ring (bicyclic) bond motifs is 1. The molecule has 0 aliphatic rings. The van der Waals surface area contributed by atoms with Crippen LogP contribution in [0.2, 0.25) is 0 Å². The average Bonchev–Trinajstić information content (AvgIpc) is 2.92. The molecule has 0 atom stereocenters. The lowest BCUT2D eigenvalue weighted by Crippen LogP contribution is -2.13. The molecule has 2 aromatic rings. The topological polar surface area (TPSA) is 99.6 Å². The Balaban J connectivity index is 2.50. The minimum Gasteiger partial charge on any atom is -0.469 e. The molecule has 0 fully saturated rings. The SMILES string of the molecule is CCOC(=O)c1sc2nc(CC(=O)OC)nc(NCCOC)c2c1C. The highest BCUT2D eigenvalue weighted by Crippen LogP contribution is 2.34. The molecule has 0 aromatic carbocycles. The van der Waals surface area contributed by atoms with E-state index in [0.717, 1.165) is 10.9 Å². The molecule has 8 nitrogen and oxygen atoms in total. The third-order valence-corrected chi connectivity index (χ3v) is 4.59. The first-order valence-corrected chi connectivity index (χ1v) is 8.60. The van der Waals surface area contributed by atoms with Crippen molar-refractivity contribution in [1.29, 1.82) is 0 Å². The fourth-order valence-electron chi connectivity index (χ4n) is 2.25. The summed E-state index contributed by atoms with van der Waals surface area (Å²) in [5.41, 5.74) is 0.753. The van der Waals surface area contributed by atoms with Crippen LogP contribution in [-0.4, -0.2) is 55.9 Å². The summed E-state index contributed by atoms with van der Waals surface area (Å²) in [6, 6.07) is 0. The first kappa shape index (κ1) is 19.1. The van der Waals surface area contributed by atoms with Crippen LogP contribution in [0.1, 0.15) is 28.0 Å². The van der Waals surface area contributed by atoms with Gasteiger partial charge < -0.3 is 19.5 Å². The average molecular weight is 367 g/mol. The quantitative estimate of drug-likeness (QED) is 0.558. The Morgan fingerprint density at radius 3 is 2.64 bits per heavy atom. The van der Waals surface area contributed by atoms with E-state index in [4.69, 9.17) is 9.47 Å². The van der Waals surface area contributed by atoms with Gasteiger partial charge in [0.2, 0.25) is 0 Å². The van der Waals surface area contributed by atoms with Crippen molar-refractivity contribution in [2.75, 3.05) is 39.3 Å². The van der Waals surface area contributed by atoms with Crippen molar-refractivity contribution in [2.45, 2.75) is 20.3 Å². The van der Waals surface area contributed by atoms with Crippen LogP contribution in [0, 0.1) is 6.92 Å². The van der Waals surface area contributed by atoms with E-state index < -0.39 is 5.97 Å². The van der Waals surface area contributed by atoms with E-state index >= 15 is 0 Å². The van der Waals surface area contributed by atoms with Crippen molar-refractivity contribution >= 4 is 39.3 Å². The van der Waals surface area contributed by atoms with Gasteiger partial charge in [0, 0.05) is 13.7 Å². The van der Waals surface area contributed by atoms with Crippen LogP contribution < -0.4 is 5.32 Å². The van der Waals surface area contributed by atoms with Gasteiger partial charge in [-0.15, -0.1) is 11.3 Å². The smallest absolute Gasteiger partial charge is 0.348 e. The number of aryl methyl sites for hydroxylation is 1. The minimum absolute atomic E-state index is 0.0446. The number of aromatic nitrogens is 2.